The van der Waals surface area contributed by atoms with Crippen LogP contribution in [0.5, 0.6) is 0 Å². The zero-order valence-electron chi connectivity index (χ0n) is 13.1. The van der Waals surface area contributed by atoms with Gasteiger partial charge in [0.2, 0.25) is 9.84 Å². The second-order valence-corrected chi connectivity index (χ2v) is 7.09. The number of benzene rings is 2. The van der Waals surface area contributed by atoms with Gasteiger partial charge in [0.25, 0.3) is 0 Å². The van der Waals surface area contributed by atoms with Gasteiger partial charge >= 0.3 is 23.9 Å². The van der Waals surface area contributed by atoms with Crippen molar-refractivity contribution in [2.24, 2.45) is 0 Å². The van der Waals surface area contributed by atoms with E-state index in [-0.39, 0.29) is 2.85 Å². The molecule has 27 heavy (non-hydrogen) atoms. The van der Waals surface area contributed by atoms with E-state index in [4.69, 9.17) is 20.4 Å². The maximum atomic E-state index is 12.7. The van der Waals surface area contributed by atoms with E-state index < -0.39 is 65.8 Å². The van der Waals surface area contributed by atoms with Crippen molar-refractivity contribution in [3.63, 3.8) is 0 Å². The Hall–Kier alpha value is -3.73. The highest BCUT2D eigenvalue weighted by Gasteiger charge is 2.26. The Balaban J connectivity index is 0.00000392. The van der Waals surface area contributed by atoms with Gasteiger partial charge in [-0.3, -0.25) is 0 Å². The molecule has 0 bridgehead atoms. The average molecular weight is 398 g/mol. The van der Waals surface area contributed by atoms with E-state index in [1.54, 1.807) is 0 Å². The molecule has 2 aromatic rings. The summed E-state index contributed by atoms with van der Waals surface area (Å²) in [6.07, 6.45) is 0. The smallest absolute Gasteiger partial charge is 0.336 e. The number of sulfone groups is 1. The van der Waals surface area contributed by atoms with Gasteiger partial charge in [-0.15, -0.1) is 0 Å². The van der Waals surface area contributed by atoms with Gasteiger partial charge in [-0.2, -0.15) is 0 Å². The monoisotopic (exact) mass is 398 g/mol. The molecule has 0 unspecified atom stereocenters. The lowest BCUT2D eigenvalue weighted by Crippen LogP contribution is -2.13. The van der Waals surface area contributed by atoms with Crippen LogP contribution in [-0.4, -0.2) is 52.7 Å². The maximum Gasteiger partial charge on any atom is 0.336 e. The van der Waals surface area contributed by atoms with Crippen LogP contribution in [0, 0.1) is 0 Å². The molecule has 0 amide bonds. The molecule has 0 aliphatic rings. The topological polar surface area (TPSA) is 183 Å². The molecular formula is C16H14O10S. The minimum Gasteiger partial charge on any atom is -0.478 e. The zero-order valence-corrected chi connectivity index (χ0v) is 13.9. The van der Waals surface area contributed by atoms with Crippen molar-refractivity contribution >= 4 is 33.7 Å². The number of aromatic carboxylic acids is 4. The van der Waals surface area contributed by atoms with E-state index in [1.807, 2.05) is 0 Å². The lowest BCUT2D eigenvalue weighted by Gasteiger charge is -2.09. The fourth-order valence-electron chi connectivity index (χ4n) is 2.24. The third kappa shape index (κ3) is 3.62. The summed E-state index contributed by atoms with van der Waals surface area (Å²) in [5.41, 5.74) is -2.81. The van der Waals surface area contributed by atoms with Crippen molar-refractivity contribution in [1.82, 2.24) is 0 Å². The Morgan fingerprint density at radius 1 is 0.593 bits per heavy atom. The molecule has 0 fully saturated rings. The van der Waals surface area contributed by atoms with Gasteiger partial charge in [-0.25, -0.2) is 27.6 Å². The van der Waals surface area contributed by atoms with Crippen LogP contribution in [0.2, 0.25) is 0 Å². The highest BCUT2D eigenvalue weighted by Crippen LogP contribution is 2.26. The number of rotatable bonds is 6. The standard InChI is InChI=1S/C16H10O10S.2H2/c17-13(18)9-3-1-7(5-11(9)15(21)22)27(25,26)8-2-4-10(14(19)20)12(6-8)16(23)24;;/h1-6H,(H,17,18)(H,19,20)(H,21,22)(H,23,24);2*1H. The van der Waals surface area contributed by atoms with E-state index in [0.717, 1.165) is 24.3 Å². The van der Waals surface area contributed by atoms with Gasteiger partial charge in [0.05, 0.1) is 32.0 Å². The first kappa shape index (κ1) is 19.6. The molecule has 2 aromatic carbocycles. The van der Waals surface area contributed by atoms with Crippen LogP contribution < -0.4 is 0 Å². The Bertz CT molecular complexity index is 1030. The number of hydrogen-bond acceptors (Lipinski definition) is 6. The highest BCUT2D eigenvalue weighted by atomic mass is 32.2. The predicted octanol–water partition coefficient (Wildman–Crippen LogP) is 1.80. The summed E-state index contributed by atoms with van der Waals surface area (Å²) in [4.78, 5) is 43.3. The van der Waals surface area contributed by atoms with Gasteiger partial charge in [0.15, 0.2) is 0 Å². The molecular weight excluding hydrogens is 384 g/mol. The molecule has 10 nitrogen and oxygen atoms in total. The Labute approximate surface area is 153 Å². The van der Waals surface area contributed by atoms with Crippen molar-refractivity contribution in [2.45, 2.75) is 9.79 Å². The van der Waals surface area contributed by atoms with Gasteiger partial charge < -0.3 is 20.4 Å². The lowest BCUT2D eigenvalue weighted by molar-refractivity contribution is 0.0651. The molecule has 0 aromatic heterocycles. The third-order valence-corrected chi connectivity index (χ3v) is 5.27. The Morgan fingerprint density at radius 3 is 1.15 bits per heavy atom. The summed E-state index contributed by atoms with van der Waals surface area (Å²) in [6.45, 7) is 0. The zero-order chi connectivity index (χ0) is 20.5. The maximum absolute atomic E-state index is 12.7. The lowest BCUT2D eigenvalue weighted by atomic mass is 10.1. The molecule has 0 spiro atoms. The third-order valence-electron chi connectivity index (χ3n) is 3.52. The van der Waals surface area contributed by atoms with E-state index in [0.29, 0.717) is 12.1 Å². The molecule has 0 saturated carbocycles. The molecule has 144 valence electrons. The quantitative estimate of drug-likeness (QED) is 0.559. The number of carboxylic acids is 4. The van der Waals surface area contributed by atoms with Crippen LogP contribution >= 0.6 is 0 Å². The fraction of sp³-hybridized carbons (Fsp3) is 0. The second-order valence-electron chi connectivity index (χ2n) is 5.14. The minimum absolute atomic E-state index is 0. The molecule has 2 rings (SSSR count). The van der Waals surface area contributed by atoms with Gasteiger partial charge in [-0.1, -0.05) is 0 Å². The summed E-state index contributed by atoms with van der Waals surface area (Å²) in [5.74, 6) is -6.49. The second kappa shape index (κ2) is 6.88. The van der Waals surface area contributed by atoms with Gasteiger partial charge in [-0.05, 0) is 36.4 Å². The van der Waals surface area contributed by atoms with Gasteiger partial charge in [0, 0.05) is 2.85 Å². The molecule has 0 saturated heterocycles. The van der Waals surface area contributed by atoms with E-state index >= 15 is 0 Å². The molecule has 11 heteroatoms. The van der Waals surface area contributed by atoms with E-state index in [9.17, 15) is 27.6 Å². The van der Waals surface area contributed by atoms with Gasteiger partial charge in [0.1, 0.15) is 0 Å². The fourth-order valence-corrected chi connectivity index (χ4v) is 3.56. The summed E-state index contributed by atoms with van der Waals surface area (Å²) in [7, 11) is -4.45. The van der Waals surface area contributed by atoms with Crippen LogP contribution in [0.25, 0.3) is 0 Å². The summed E-state index contributed by atoms with van der Waals surface area (Å²) >= 11 is 0. The predicted molar refractivity (Wildman–Crippen MR) is 90.4 cm³/mol. The average Bonchev–Trinajstić information content (AvgIpc) is 2.60. The highest BCUT2D eigenvalue weighted by molar-refractivity contribution is 7.91. The van der Waals surface area contributed by atoms with Crippen molar-refractivity contribution < 1.29 is 50.9 Å². The SMILES string of the molecule is O=C(O)c1ccc(S(=O)(=O)c2ccc(C(=O)O)c(C(=O)O)c2)cc1C(=O)O.[HH].[HH]. The number of carbonyl (C=O) groups is 4. The molecule has 0 heterocycles. The normalized spacial score (nSPS) is 11.0. The summed E-state index contributed by atoms with van der Waals surface area (Å²) < 4.78 is 25.3. The first-order valence-electron chi connectivity index (χ1n) is 6.93. The molecule has 0 aliphatic heterocycles. The molecule has 0 atom stereocenters. The van der Waals surface area contributed by atoms with E-state index in [2.05, 4.69) is 0 Å². The first-order valence-corrected chi connectivity index (χ1v) is 8.41. The Kier molecular flexibility index (Phi) is 4.99. The van der Waals surface area contributed by atoms with Crippen molar-refractivity contribution in [2.75, 3.05) is 0 Å². The van der Waals surface area contributed by atoms with E-state index in [1.165, 1.54) is 0 Å². The van der Waals surface area contributed by atoms with Crippen LogP contribution in [0.1, 0.15) is 44.3 Å². The van der Waals surface area contributed by atoms with Crippen LogP contribution in [0.4, 0.5) is 0 Å². The van der Waals surface area contributed by atoms with Crippen LogP contribution in [0.15, 0.2) is 46.2 Å². The summed E-state index contributed by atoms with van der Waals surface area (Å²) in [6, 6.07) is 4.57. The first-order chi connectivity index (χ1) is 12.5. The Morgan fingerprint density at radius 2 is 0.889 bits per heavy atom. The van der Waals surface area contributed by atoms with Crippen molar-refractivity contribution in [3.05, 3.63) is 58.7 Å². The largest absolute Gasteiger partial charge is 0.478 e. The van der Waals surface area contributed by atoms with Crippen LogP contribution in [0.3, 0.4) is 0 Å². The number of hydrogen-bond donors (Lipinski definition) is 4. The van der Waals surface area contributed by atoms with Crippen LogP contribution in [-0.2, 0) is 9.84 Å². The minimum atomic E-state index is -4.45. The number of carboxylic acid groups (broad SMARTS) is 4. The van der Waals surface area contributed by atoms with Crippen molar-refractivity contribution in [3.8, 4) is 0 Å². The summed E-state index contributed by atoms with van der Waals surface area (Å²) in [5, 5.41) is 36.1. The molecule has 0 radical (unpaired) electrons. The van der Waals surface area contributed by atoms with Crippen molar-refractivity contribution in [1.29, 1.82) is 0 Å². The molecule has 4 N–H and O–H groups in total. The molecule has 0 aliphatic carbocycles.